The molecule has 1 aliphatic rings. The Morgan fingerprint density at radius 2 is 1.62 bits per heavy atom. The van der Waals surface area contributed by atoms with Gasteiger partial charge in [0.25, 0.3) is 5.91 Å². The molecule has 0 aliphatic carbocycles. The fourth-order valence-electron chi connectivity index (χ4n) is 3.43. The van der Waals surface area contributed by atoms with Gasteiger partial charge < -0.3 is 15.1 Å². The van der Waals surface area contributed by atoms with Gasteiger partial charge >= 0.3 is 0 Å². The summed E-state index contributed by atoms with van der Waals surface area (Å²) in [5, 5.41) is 3.10. The van der Waals surface area contributed by atoms with Gasteiger partial charge in [0.05, 0.1) is 26.2 Å². The third-order valence-corrected chi connectivity index (χ3v) is 5.13. The van der Waals surface area contributed by atoms with Crippen molar-refractivity contribution in [2.24, 2.45) is 0 Å². The van der Waals surface area contributed by atoms with Gasteiger partial charge in [0, 0.05) is 18.2 Å². The van der Waals surface area contributed by atoms with Gasteiger partial charge in [-0.15, -0.1) is 0 Å². The summed E-state index contributed by atoms with van der Waals surface area (Å²) in [7, 11) is 0. The molecule has 2 aromatic carbocycles. The summed E-state index contributed by atoms with van der Waals surface area (Å²) in [6.45, 7) is 6.58. The predicted octanol–water partition coefficient (Wildman–Crippen LogP) is 1.43. The molecule has 0 spiro atoms. The van der Waals surface area contributed by atoms with E-state index in [1.165, 1.54) is 4.90 Å². The first-order valence-electron chi connectivity index (χ1n) is 9.11. The zero-order valence-corrected chi connectivity index (χ0v) is 15.4. The molecule has 0 saturated carbocycles. The number of nitrogens with one attached hydrogen (secondary N) is 2. The smallest absolute Gasteiger partial charge is 0.282 e. The lowest BCUT2D eigenvalue weighted by atomic mass is 10.0. The summed E-state index contributed by atoms with van der Waals surface area (Å²) >= 11 is 0. The number of nitrogens with zero attached hydrogens (tertiary/aromatic N) is 1. The Balaban J connectivity index is 1.68. The van der Waals surface area contributed by atoms with Crippen LogP contribution in [0.1, 0.15) is 13.8 Å². The highest BCUT2D eigenvalue weighted by molar-refractivity contribution is 5.97. The fraction of sp³-hybridized carbons (Fsp3) is 0.333. The van der Waals surface area contributed by atoms with Crippen molar-refractivity contribution in [3.8, 4) is 11.1 Å². The quantitative estimate of drug-likeness (QED) is 0.875. The lowest BCUT2D eigenvalue weighted by Crippen LogP contribution is -3.19. The number of carbonyl (C=O) groups excluding carboxylic acids is 2. The van der Waals surface area contributed by atoms with Crippen molar-refractivity contribution in [2.75, 3.05) is 31.5 Å². The maximum absolute atomic E-state index is 12.8. The minimum atomic E-state index is -0.159. The second kappa shape index (κ2) is 8.15. The second-order valence-electron chi connectivity index (χ2n) is 6.79. The van der Waals surface area contributed by atoms with E-state index in [0.29, 0.717) is 13.1 Å². The van der Waals surface area contributed by atoms with Crippen molar-refractivity contribution < 1.29 is 14.5 Å². The summed E-state index contributed by atoms with van der Waals surface area (Å²) in [5.41, 5.74) is 2.93. The SMILES string of the molecule is CC(=O)N1CC[NH+]([C@H](C)C(=O)Nc2ccccc2-c2ccccc2)CC1. The molecule has 1 aliphatic heterocycles. The van der Waals surface area contributed by atoms with Gasteiger partial charge in [-0.1, -0.05) is 48.5 Å². The molecule has 3 rings (SSSR count). The molecule has 2 aromatic rings. The molecule has 5 nitrogen and oxygen atoms in total. The van der Waals surface area contributed by atoms with E-state index in [1.807, 2.05) is 66.4 Å². The van der Waals surface area contributed by atoms with Gasteiger partial charge in [0.15, 0.2) is 6.04 Å². The van der Waals surface area contributed by atoms with E-state index < -0.39 is 0 Å². The Hall–Kier alpha value is -2.66. The van der Waals surface area contributed by atoms with Crippen molar-refractivity contribution >= 4 is 17.5 Å². The molecular weight excluding hydrogens is 326 g/mol. The molecule has 1 saturated heterocycles. The van der Waals surface area contributed by atoms with Crippen LogP contribution in [0.25, 0.3) is 11.1 Å². The third kappa shape index (κ3) is 4.11. The molecule has 1 atom stereocenters. The van der Waals surface area contributed by atoms with Crippen LogP contribution >= 0.6 is 0 Å². The van der Waals surface area contributed by atoms with Crippen LogP contribution < -0.4 is 10.2 Å². The van der Waals surface area contributed by atoms with Crippen molar-refractivity contribution in [3.05, 3.63) is 54.6 Å². The number of hydrogen-bond acceptors (Lipinski definition) is 2. The minimum absolute atomic E-state index is 0.0136. The molecule has 0 unspecified atom stereocenters. The van der Waals surface area contributed by atoms with Crippen LogP contribution in [0.4, 0.5) is 5.69 Å². The fourth-order valence-corrected chi connectivity index (χ4v) is 3.43. The summed E-state index contributed by atoms with van der Waals surface area (Å²) in [4.78, 5) is 27.3. The van der Waals surface area contributed by atoms with Crippen LogP contribution in [-0.4, -0.2) is 48.9 Å². The standard InChI is InChI=1S/C21H25N3O2/c1-16(23-12-14-24(15-13-23)17(2)25)21(26)22-20-11-7-6-10-19(20)18-8-4-3-5-9-18/h3-11,16H,12-15H2,1-2H3,(H,22,26)/p+1/t16-/m1/s1. The highest BCUT2D eigenvalue weighted by Gasteiger charge is 2.30. The van der Waals surface area contributed by atoms with E-state index in [0.717, 1.165) is 29.9 Å². The predicted molar refractivity (Wildman–Crippen MR) is 103 cm³/mol. The van der Waals surface area contributed by atoms with E-state index in [4.69, 9.17) is 0 Å². The van der Waals surface area contributed by atoms with Crippen LogP contribution in [-0.2, 0) is 9.59 Å². The monoisotopic (exact) mass is 352 g/mol. The lowest BCUT2D eigenvalue weighted by Gasteiger charge is -2.34. The van der Waals surface area contributed by atoms with E-state index >= 15 is 0 Å². The van der Waals surface area contributed by atoms with Crippen LogP contribution in [0, 0.1) is 0 Å². The number of hydrogen-bond donors (Lipinski definition) is 2. The highest BCUT2D eigenvalue weighted by Crippen LogP contribution is 2.27. The van der Waals surface area contributed by atoms with Gasteiger partial charge in [-0.3, -0.25) is 9.59 Å². The molecule has 136 valence electrons. The summed E-state index contributed by atoms with van der Waals surface area (Å²) < 4.78 is 0. The van der Waals surface area contributed by atoms with Crippen molar-refractivity contribution in [2.45, 2.75) is 19.9 Å². The molecule has 26 heavy (non-hydrogen) atoms. The van der Waals surface area contributed by atoms with E-state index in [1.54, 1.807) is 6.92 Å². The van der Waals surface area contributed by atoms with Gasteiger partial charge in [0.1, 0.15) is 0 Å². The van der Waals surface area contributed by atoms with Crippen LogP contribution in [0.3, 0.4) is 0 Å². The number of piperazine rings is 1. The van der Waals surface area contributed by atoms with Gasteiger partial charge in [-0.05, 0) is 18.6 Å². The summed E-state index contributed by atoms with van der Waals surface area (Å²) in [6, 6.07) is 17.8. The average molecular weight is 352 g/mol. The minimum Gasteiger partial charge on any atom is -0.332 e. The normalized spacial score (nSPS) is 16.2. The summed E-state index contributed by atoms with van der Waals surface area (Å²) in [5.74, 6) is 0.123. The third-order valence-electron chi connectivity index (χ3n) is 5.13. The number of quaternary nitrogens is 1. The first-order chi connectivity index (χ1) is 12.6. The van der Waals surface area contributed by atoms with E-state index in [9.17, 15) is 9.59 Å². The van der Waals surface area contributed by atoms with Crippen LogP contribution in [0.15, 0.2) is 54.6 Å². The number of carbonyl (C=O) groups is 2. The second-order valence-corrected chi connectivity index (χ2v) is 6.79. The first-order valence-corrected chi connectivity index (χ1v) is 9.11. The van der Waals surface area contributed by atoms with E-state index in [2.05, 4.69) is 5.32 Å². The zero-order chi connectivity index (χ0) is 18.5. The molecule has 1 heterocycles. The zero-order valence-electron chi connectivity index (χ0n) is 15.4. The van der Waals surface area contributed by atoms with Crippen molar-refractivity contribution in [1.82, 2.24) is 4.90 Å². The van der Waals surface area contributed by atoms with Crippen LogP contribution in [0.2, 0.25) is 0 Å². The molecule has 0 radical (unpaired) electrons. The number of para-hydroxylation sites is 1. The number of amides is 2. The lowest BCUT2D eigenvalue weighted by molar-refractivity contribution is -0.917. The van der Waals surface area contributed by atoms with Gasteiger partial charge in [0.2, 0.25) is 5.91 Å². The Morgan fingerprint density at radius 3 is 2.27 bits per heavy atom. The maximum atomic E-state index is 12.8. The van der Waals surface area contributed by atoms with Crippen molar-refractivity contribution in [1.29, 1.82) is 0 Å². The Kier molecular flexibility index (Phi) is 5.68. The molecule has 0 aromatic heterocycles. The largest absolute Gasteiger partial charge is 0.332 e. The van der Waals surface area contributed by atoms with Gasteiger partial charge in [-0.25, -0.2) is 0 Å². The number of benzene rings is 2. The number of anilines is 1. The van der Waals surface area contributed by atoms with Crippen molar-refractivity contribution in [3.63, 3.8) is 0 Å². The summed E-state index contributed by atoms with van der Waals surface area (Å²) in [6.07, 6.45) is 0. The molecule has 2 N–H and O–H groups in total. The Morgan fingerprint density at radius 1 is 1.00 bits per heavy atom. The Labute approximate surface area is 154 Å². The molecule has 0 bridgehead atoms. The highest BCUT2D eigenvalue weighted by atomic mass is 16.2. The molecule has 1 fully saturated rings. The number of rotatable bonds is 4. The average Bonchev–Trinajstić information content (AvgIpc) is 2.68. The van der Waals surface area contributed by atoms with E-state index in [-0.39, 0.29) is 17.9 Å². The molecule has 2 amide bonds. The molecule has 5 heteroatoms. The first kappa shape index (κ1) is 18.1. The maximum Gasteiger partial charge on any atom is 0.282 e. The molecular formula is C21H26N3O2+. The van der Waals surface area contributed by atoms with Gasteiger partial charge in [-0.2, -0.15) is 0 Å². The van der Waals surface area contributed by atoms with Crippen LogP contribution in [0.5, 0.6) is 0 Å². The Bertz CT molecular complexity index is 768. The topological polar surface area (TPSA) is 53.9 Å².